The number of para-hydroxylation sites is 2. The van der Waals surface area contributed by atoms with Gasteiger partial charge in [0, 0.05) is 25.5 Å². The van der Waals surface area contributed by atoms with E-state index in [0.29, 0.717) is 32.7 Å². The first-order valence-electron chi connectivity index (χ1n) is 8.33. The topological polar surface area (TPSA) is 69.5 Å². The van der Waals surface area contributed by atoms with E-state index in [2.05, 4.69) is 11.1 Å². The fourth-order valence-corrected chi connectivity index (χ4v) is 3.55. The second-order valence-electron chi connectivity index (χ2n) is 6.36. The molecule has 1 fully saturated rings. The number of carbonyl (C=O) groups excluding carboxylic acids is 1. The smallest absolute Gasteiger partial charge is 0.324 e. The highest BCUT2D eigenvalue weighted by atomic mass is 16.5. The summed E-state index contributed by atoms with van der Waals surface area (Å²) >= 11 is 0. The molecular weight excluding hydrogens is 316 g/mol. The summed E-state index contributed by atoms with van der Waals surface area (Å²) in [5.74, 6) is 0.722. The van der Waals surface area contributed by atoms with Gasteiger partial charge in [-0.2, -0.15) is 5.26 Å². The molecule has 2 aromatic rings. The summed E-state index contributed by atoms with van der Waals surface area (Å²) in [5.41, 5.74) is 0.972. The van der Waals surface area contributed by atoms with Crippen molar-refractivity contribution >= 4 is 11.7 Å². The van der Waals surface area contributed by atoms with Crippen LogP contribution in [0, 0.1) is 11.3 Å². The number of urea groups is 1. The van der Waals surface area contributed by atoms with Gasteiger partial charge in [0.1, 0.15) is 17.8 Å². The van der Waals surface area contributed by atoms with Crippen molar-refractivity contribution < 1.29 is 9.53 Å². The number of ether oxygens (including phenoxy) is 1. The van der Waals surface area contributed by atoms with Crippen molar-refractivity contribution in [1.82, 2.24) is 9.88 Å². The monoisotopic (exact) mass is 334 g/mol. The minimum absolute atomic E-state index is 0.0724. The third-order valence-electron chi connectivity index (χ3n) is 4.93. The quantitative estimate of drug-likeness (QED) is 0.804. The van der Waals surface area contributed by atoms with E-state index < -0.39 is 5.41 Å². The average Bonchev–Trinajstić information content (AvgIpc) is 3.14. The Bertz CT molecular complexity index is 833. The number of fused-ring (bicyclic) bond motifs is 1. The van der Waals surface area contributed by atoms with E-state index in [9.17, 15) is 10.1 Å². The molecule has 0 aliphatic carbocycles. The van der Waals surface area contributed by atoms with Crippen molar-refractivity contribution in [2.45, 2.75) is 11.8 Å². The number of likely N-dealkylation sites (tertiary alicyclic amines) is 1. The molecule has 6 nitrogen and oxygen atoms in total. The molecule has 2 aliphatic rings. The summed E-state index contributed by atoms with van der Waals surface area (Å²) in [7, 11) is 0. The minimum Gasteiger partial charge on any atom is -0.490 e. The SMILES string of the molecule is N#CC1(c2cccnc2)CCN(C(=O)N2CCOc3ccccc32)C1. The molecule has 3 heterocycles. The van der Waals surface area contributed by atoms with E-state index in [-0.39, 0.29) is 6.03 Å². The van der Waals surface area contributed by atoms with Crippen molar-refractivity contribution in [2.75, 3.05) is 31.1 Å². The number of rotatable bonds is 1. The van der Waals surface area contributed by atoms with Gasteiger partial charge in [0.25, 0.3) is 0 Å². The Morgan fingerprint density at radius 2 is 2.12 bits per heavy atom. The van der Waals surface area contributed by atoms with Crippen LogP contribution in [0.3, 0.4) is 0 Å². The molecule has 2 amide bonds. The van der Waals surface area contributed by atoms with Gasteiger partial charge in [-0.05, 0) is 30.2 Å². The summed E-state index contributed by atoms with van der Waals surface area (Å²) in [6, 6.07) is 13.6. The number of amides is 2. The third-order valence-corrected chi connectivity index (χ3v) is 4.93. The molecule has 0 spiro atoms. The maximum Gasteiger partial charge on any atom is 0.324 e. The van der Waals surface area contributed by atoms with E-state index >= 15 is 0 Å². The fraction of sp³-hybridized carbons (Fsp3) is 0.316. The average molecular weight is 334 g/mol. The van der Waals surface area contributed by atoms with Crippen LogP contribution in [0.2, 0.25) is 0 Å². The lowest BCUT2D eigenvalue weighted by Gasteiger charge is -2.33. The molecule has 0 radical (unpaired) electrons. The standard InChI is InChI=1S/C19H18N4O2/c20-13-19(15-4-3-8-21-12-15)7-9-22(14-19)18(24)23-10-11-25-17-6-2-1-5-16(17)23/h1-6,8,12H,7,9-11,14H2. The number of carbonyl (C=O) groups is 1. The van der Waals surface area contributed by atoms with E-state index in [1.165, 1.54) is 0 Å². The highest BCUT2D eigenvalue weighted by molar-refractivity contribution is 5.94. The summed E-state index contributed by atoms with van der Waals surface area (Å²) in [6.07, 6.45) is 4.03. The van der Waals surface area contributed by atoms with Gasteiger partial charge in [-0.15, -0.1) is 0 Å². The van der Waals surface area contributed by atoms with Crippen LogP contribution in [-0.2, 0) is 5.41 Å². The summed E-state index contributed by atoms with van der Waals surface area (Å²) in [6.45, 7) is 1.93. The van der Waals surface area contributed by atoms with E-state index in [0.717, 1.165) is 17.0 Å². The largest absolute Gasteiger partial charge is 0.490 e. The lowest BCUT2D eigenvalue weighted by Crippen LogP contribution is -2.46. The Kier molecular flexibility index (Phi) is 3.77. The zero-order valence-corrected chi connectivity index (χ0v) is 13.8. The van der Waals surface area contributed by atoms with Gasteiger partial charge in [-0.3, -0.25) is 9.88 Å². The van der Waals surface area contributed by atoms with Crippen LogP contribution < -0.4 is 9.64 Å². The summed E-state index contributed by atoms with van der Waals surface area (Å²) in [4.78, 5) is 20.7. The Hall–Kier alpha value is -3.07. The third kappa shape index (κ3) is 2.58. The molecule has 1 aromatic carbocycles. The molecule has 4 rings (SSSR count). The highest BCUT2D eigenvalue weighted by Crippen LogP contribution is 2.36. The van der Waals surface area contributed by atoms with Crippen molar-refractivity contribution in [3.05, 3.63) is 54.4 Å². The number of aromatic nitrogens is 1. The van der Waals surface area contributed by atoms with Crippen molar-refractivity contribution in [2.24, 2.45) is 0 Å². The van der Waals surface area contributed by atoms with Crippen molar-refractivity contribution in [3.8, 4) is 11.8 Å². The molecule has 6 heteroatoms. The molecule has 0 bridgehead atoms. The number of pyridine rings is 1. The maximum atomic E-state index is 13.1. The minimum atomic E-state index is -0.685. The van der Waals surface area contributed by atoms with Gasteiger partial charge in [-0.25, -0.2) is 4.79 Å². The molecule has 0 N–H and O–H groups in total. The fourth-order valence-electron chi connectivity index (χ4n) is 3.55. The number of nitrogens with zero attached hydrogens (tertiary/aromatic N) is 4. The van der Waals surface area contributed by atoms with E-state index in [1.54, 1.807) is 22.2 Å². The van der Waals surface area contributed by atoms with Gasteiger partial charge >= 0.3 is 6.03 Å². The molecule has 1 saturated heterocycles. The first kappa shape index (κ1) is 15.5. The normalized spacial score (nSPS) is 22.0. The van der Waals surface area contributed by atoms with Crippen LogP contribution in [0.25, 0.3) is 0 Å². The van der Waals surface area contributed by atoms with E-state index in [4.69, 9.17) is 4.74 Å². The number of hydrogen-bond donors (Lipinski definition) is 0. The molecule has 126 valence electrons. The van der Waals surface area contributed by atoms with Crippen LogP contribution in [0.1, 0.15) is 12.0 Å². The molecule has 1 aromatic heterocycles. The van der Waals surface area contributed by atoms with Gasteiger partial charge in [0.05, 0.1) is 18.3 Å². The first-order valence-corrected chi connectivity index (χ1v) is 8.33. The maximum absolute atomic E-state index is 13.1. The molecule has 1 unspecified atom stereocenters. The van der Waals surface area contributed by atoms with Crippen LogP contribution in [0.5, 0.6) is 5.75 Å². The van der Waals surface area contributed by atoms with Crippen molar-refractivity contribution in [1.29, 1.82) is 5.26 Å². The Balaban J connectivity index is 1.59. The summed E-state index contributed by atoms with van der Waals surface area (Å²) in [5, 5.41) is 9.79. The lowest BCUT2D eigenvalue weighted by molar-refractivity contribution is 0.208. The van der Waals surface area contributed by atoms with Crippen LogP contribution in [-0.4, -0.2) is 42.2 Å². The Morgan fingerprint density at radius 3 is 2.92 bits per heavy atom. The first-order chi connectivity index (χ1) is 12.2. The zero-order chi connectivity index (χ0) is 17.3. The van der Waals surface area contributed by atoms with Crippen LogP contribution in [0.15, 0.2) is 48.8 Å². The number of anilines is 1. The highest BCUT2D eigenvalue weighted by Gasteiger charge is 2.43. The van der Waals surface area contributed by atoms with Crippen LogP contribution >= 0.6 is 0 Å². The van der Waals surface area contributed by atoms with Gasteiger partial charge in [0.2, 0.25) is 0 Å². The van der Waals surface area contributed by atoms with Crippen LogP contribution in [0.4, 0.5) is 10.5 Å². The van der Waals surface area contributed by atoms with Gasteiger partial charge in [0.15, 0.2) is 0 Å². The number of benzene rings is 1. The van der Waals surface area contributed by atoms with E-state index in [1.807, 2.05) is 36.4 Å². The zero-order valence-electron chi connectivity index (χ0n) is 13.8. The lowest BCUT2D eigenvalue weighted by atomic mass is 9.82. The summed E-state index contributed by atoms with van der Waals surface area (Å²) < 4.78 is 5.62. The van der Waals surface area contributed by atoms with Crippen molar-refractivity contribution in [3.63, 3.8) is 0 Å². The predicted octanol–water partition coefficient (Wildman–Crippen LogP) is 2.57. The number of nitriles is 1. The molecular formula is C19H18N4O2. The second-order valence-corrected chi connectivity index (χ2v) is 6.36. The van der Waals surface area contributed by atoms with Gasteiger partial charge < -0.3 is 9.64 Å². The van der Waals surface area contributed by atoms with Gasteiger partial charge in [-0.1, -0.05) is 18.2 Å². The number of hydrogen-bond acceptors (Lipinski definition) is 4. The molecule has 25 heavy (non-hydrogen) atoms. The predicted molar refractivity (Wildman–Crippen MR) is 92.4 cm³/mol. The molecule has 0 saturated carbocycles. The Morgan fingerprint density at radius 1 is 1.24 bits per heavy atom. The second kappa shape index (κ2) is 6.10. The Labute approximate surface area is 146 Å². The molecule has 1 atom stereocenters. The molecule has 2 aliphatic heterocycles.